The van der Waals surface area contributed by atoms with Gasteiger partial charge >= 0.3 is 0 Å². The van der Waals surface area contributed by atoms with Crippen LogP contribution < -0.4 is 0 Å². The number of aliphatic hydroxyl groups excluding tert-OH is 1. The summed E-state index contributed by atoms with van der Waals surface area (Å²) in [4.78, 5) is 21.4. The number of hydrogen-bond donors (Lipinski definition) is 1. The average Bonchev–Trinajstić information content (AvgIpc) is 3.08. The quantitative estimate of drug-likeness (QED) is 0.873. The van der Waals surface area contributed by atoms with Crippen molar-refractivity contribution < 1.29 is 9.90 Å². The first-order chi connectivity index (χ1) is 12.1. The number of aliphatic hydroxyl groups is 1. The van der Waals surface area contributed by atoms with Crippen LogP contribution in [-0.4, -0.2) is 20.9 Å². The van der Waals surface area contributed by atoms with Gasteiger partial charge in [-0.25, -0.2) is 9.97 Å². The van der Waals surface area contributed by atoms with Gasteiger partial charge in [0.05, 0.1) is 10.6 Å². The molecule has 1 aromatic carbocycles. The first-order valence-electron chi connectivity index (χ1n) is 8.67. The number of carbonyl (C=O) groups is 1. The fourth-order valence-electron chi connectivity index (χ4n) is 3.99. The van der Waals surface area contributed by atoms with Gasteiger partial charge in [0.2, 0.25) is 0 Å². The predicted octanol–water partition coefficient (Wildman–Crippen LogP) is 4.63. The van der Waals surface area contributed by atoms with Crippen molar-refractivity contribution in [3.8, 4) is 11.4 Å². The van der Waals surface area contributed by atoms with Gasteiger partial charge in [0, 0.05) is 29.8 Å². The lowest BCUT2D eigenvalue weighted by atomic mass is 9.81. The molecule has 5 heteroatoms. The van der Waals surface area contributed by atoms with Gasteiger partial charge in [-0.05, 0) is 42.9 Å². The smallest absolute Gasteiger partial charge is 0.169 e. The number of aromatic nitrogens is 2. The number of Topliss-reactive ketones (excluding diaryl/α,β-unsaturated/α-hetero) is 1. The van der Waals surface area contributed by atoms with E-state index in [2.05, 4.69) is 16.9 Å². The highest BCUT2D eigenvalue weighted by atomic mass is 35.5. The number of fused-ring (bicyclic) bond motifs is 2. The van der Waals surface area contributed by atoms with Crippen molar-refractivity contribution in [2.75, 3.05) is 0 Å². The van der Waals surface area contributed by atoms with Gasteiger partial charge in [0.25, 0.3) is 0 Å². The summed E-state index contributed by atoms with van der Waals surface area (Å²) in [6, 6.07) is 5.87. The zero-order valence-electron chi connectivity index (χ0n) is 14.0. The van der Waals surface area contributed by atoms with Gasteiger partial charge in [-0.3, -0.25) is 4.79 Å². The molecule has 4 rings (SSSR count). The molecule has 0 amide bonds. The Morgan fingerprint density at radius 1 is 1.20 bits per heavy atom. The van der Waals surface area contributed by atoms with Crippen molar-refractivity contribution in [1.82, 2.24) is 9.97 Å². The van der Waals surface area contributed by atoms with Gasteiger partial charge in [-0.2, -0.15) is 0 Å². The highest BCUT2D eigenvalue weighted by Crippen LogP contribution is 2.46. The molecule has 1 N–H and O–H groups in total. The summed E-state index contributed by atoms with van der Waals surface area (Å²) < 4.78 is 0. The monoisotopic (exact) mass is 354 g/mol. The maximum absolute atomic E-state index is 12.9. The van der Waals surface area contributed by atoms with Crippen LogP contribution in [0.5, 0.6) is 0 Å². The molecule has 2 aromatic rings. The van der Waals surface area contributed by atoms with Crippen molar-refractivity contribution in [1.29, 1.82) is 0 Å². The fourth-order valence-corrected chi connectivity index (χ4v) is 4.09. The zero-order valence-corrected chi connectivity index (χ0v) is 14.8. The standard InChI is InChI=1S/C20H19ClN2O2/c1-2-11-3-6-14(20-22-9-15(21)10-23-20)8-16(11)17-18(24)12-4-5-13(7-12)19(17)25/h3,6,8-10,12-13,24H,2,4-5,7H2,1H3/t12-,13+/m1/s1. The number of ketones is 1. The van der Waals surface area contributed by atoms with Crippen LogP contribution in [-0.2, 0) is 11.2 Å². The molecular weight excluding hydrogens is 336 g/mol. The predicted molar refractivity (Wildman–Crippen MR) is 97.2 cm³/mol. The maximum atomic E-state index is 12.9. The van der Waals surface area contributed by atoms with E-state index in [4.69, 9.17) is 11.6 Å². The van der Waals surface area contributed by atoms with Crippen molar-refractivity contribution in [2.24, 2.45) is 11.8 Å². The molecule has 1 heterocycles. The van der Waals surface area contributed by atoms with Crippen molar-refractivity contribution in [3.05, 3.63) is 52.5 Å². The summed E-state index contributed by atoms with van der Waals surface area (Å²) in [7, 11) is 0. The number of allylic oxidation sites excluding steroid dienone is 2. The molecule has 2 aliphatic carbocycles. The Hall–Kier alpha value is -2.20. The van der Waals surface area contributed by atoms with E-state index >= 15 is 0 Å². The Bertz CT molecular complexity index is 874. The van der Waals surface area contributed by atoms with Gasteiger partial charge in [-0.1, -0.05) is 30.7 Å². The van der Waals surface area contributed by atoms with Gasteiger partial charge in [0.1, 0.15) is 5.76 Å². The maximum Gasteiger partial charge on any atom is 0.169 e. The highest BCUT2D eigenvalue weighted by Gasteiger charge is 2.41. The van der Waals surface area contributed by atoms with Crippen LogP contribution in [0.15, 0.2) is 36.4 Å². The second-order valence-electron chi connectivity index (χ2n) is 6.78. The Morgan fingerprint density at radius 2 is 1.92 bits per heavy atom. The molecule has 1 fully saturated rings. The van der Waals surface area contributed by atoms with Crippen LogP contribution in [0.2, 0.25) is 5.02 Å². The van der Waals surface area contributed by atoms with Crippen LogP contribution in [0.25, 0.3) is 17.0 Å². The van der Waals surface area contributed by atoms with E-state index in [9.17, 15) is 9.90 Å². The van der Waals surface area contributed by atoms with Crippen LogP contribution in [0.3, 0.4) is 0 Å². The molecule has 0 unspecified atom stereocenters. The number of carbonyl (C=O) groups excluding carboxylic acids is 1. The van der Waals surface area contributed by atoms with Gasteiger partial charge < -0.3 is 5.11 Å². The van der Waals surface area contributed by atoms with E-state index in [-0.39, 0.29) is 23.4 Å². The van der Waals surface area contributed by atoms with Gasteiger partial charge in [-0.15, -0.1) is 0 Å². The van der Waals surface area contributed by atoms with E-state index in [0.29, 0.717) is 16.4 Å². The molecule has 2 atom stereocenters. The molecule has 1 aromatic heterocycles. The summed E-state index contributed by atoms with van der Waals surface area (Å²) in [6.07, 6.45) is 6.46. The highest BCUT2D eigenvalue weighted by molar-refractivity contribution is 6.30. The Morgan fingerprint density at radius 3 is 2.64 bits per heavy atom. The first kappa shape index (κ1) is 16.3. The third-order valence-electron chi connectivity index (χ3n) is 5.33. The second kappa shape index (κ2) is 6.26. The minimum absolute atomic E-state index is 0.0519. The number of halogens is 1. The van der Waals surface area contributed by atoms with E-state index in [1.54, 1.807) is 12.4 Å². The average molecular weight is 355 g/mol. The molecule has 0 spiro atoms. The molecule has 0 aliphatic heterocycles. The zero-order chi connectivity index (χ0) is 17.6. The van der Waals surface area contributed by atoms with E-state index in [1.165, 1.54) is 0 Å². The van der Waals surface area contributed by atoms with E-state index in [1.807, 2.05) is 18.2 Å². The van der Waals surface area contributed by atoms with Crippen molar-refractivity contribution in [2.45, 2.75) is 32.6 Å². The van der Waals surface area contributed by atoms with E-state index < -0.39 is 0 Å². The third kappa shape index (κ3) is 2.74. The summed E-state index contributed by atoms with van der Waals surface area (Å²) in [6.45, 7) is 2.05. The van der Waals surface area contributed by atoms with Crippen molar-refractivity contribution in [3.63, 3.8) is 0 Å². The Balaban J connectivity index is 1.86. The second-order valence-corrected chi connectivity index (χ2v) is 7.22. The molecule has 2 aliphatic rings. The lowest BCUT2D eigenvalue weighted by molar-refractivity contribution is -0.117. The number of benzene rings is 1. The Labute approximate surface area is 151 Å². The molecule has 25 heavy (non-hydrogen) atoms. The van der Waals surface area contributed by atoms with Gasteiger partial charge in [0.15, 0.2) is 11.6 Å². The van der Waals surface area contributed by atoms with Crippen LogP contribution in [0.4, 0.5) is 0 Å². The SMILES string of the molecule is CCc1ccc(-c2ncc(Cl)cn2)cc1C1=C(O)[C@@H]2CC[C@@H](C2)C1=O. The number of rotatable bonds is 3. The minimum Gasteiger partial charge on any atom is -0.511 e. The van der Waals surface area contributed by atoms with Crippen LogP contribution in [0, 0.1) is 11.8 Å². The molecule has 0 radical (unpaired) electrons. The van der Waals surface area contributed by atoms with Crippen LogP contribution in [0.1, 0.15) is 37.3 Å². The largest absolute Gasteiger partial charge is 0.511 e. The lowest BCUT2D eigenvalue weighted by Gasteiger charge is -2.23. The summed E-state index contributed by atoms with van der Waals surface area (Å²) >= 11 is 5.87. The molecule has 2 bridgehead atoms. The summed E-state index contributed by atoms with van der Waals surface area (Å²) in [5.74, 6) is 1.08. The van der Waals surface area contributed by atoms with E-state index in [0.717, 1.165) is 42.4 Å². The Kier molecular flexibility index (Phi) is 4.08. The number of nitrogens with zero attached hydrogens (tertiary/aromatic N) is 2. The third-order valence-corrected chi connectivity index (χ3v) is 5.53. The first-order valence-corrected chi connectivity index (χ1v) is 9.04. The minimum atomic E-state index is 0.0519. The molecule has 128 valence electrons. The molecule has 4 nitrogen and oxygen atoms in total. The number of aryl methyl sites for hydroxylation is 1. The summed E-state index contributed by atoms with van der Waals surface area (Å²) in [5.41, 5.74) is 3.19. The summed E-state index contributed by atoms with van der Waals surface area (Å²) in [5, 5.41) is 11.2. The normalized spacial score (nSPS) is 22.6. The number of hydrogen-bond acceptors (Lipinski definition) is 4. The molecular formula is C20H19ClN2O2. The molecule has 0 saturated heterocycles. The van der Waals surface area contributed by atoms with Crippen LogP contribution >= 0.6 is 11.6 Å². The topological polar surface area (TPSA) is 63.1 Å². The fraction of sp³-hybridized carbons (Fsp3) is 0.350. The molecule has 1 saturated carbocycles. The van der Waals surface area contributed by atoms with Crippen molar-refractivity contribution >= 4 is 23.0 Å². The lowest BCUT2D eigenvalue weighted by Crippen LogP contribution is -2.22.